The molecule has 1 heterocycles. The third-order valence-electron chi connectivity index (χ3n) is 6.70. The molecule has 3 heteroatoms. The van der Waals surface area contributed by atoms with Crippen molar-refractivity contribution in [1.82, 2.24) is 4.90 Å². The monoisotopic (exact) mass is 439 g/mol. The van der Waals surface area contributed by atoms with Gasteiger partial charge >= 0.3 is 0 Å². The first-order chi connectivity index (χ1) is 16.2. The molecule has 5 rings (SSSR count). The second-order valence-electron chi connectivity index (χ2n) is 8.95. The van der Waals surface area contributed by atoms with Gasteiger partial charge in [0.1, 0.15) is 11.6 Å². The van der Waals surface area contributed by atoms with Crippen molar-refractivity contribution in [2.45, 2.75) is 18.9 Å². The molecular formula is C30H27F2N. The lowest BCUT2D eigenvalue weighted by atomic mass is 9.84. The molecule has 0 bridgehead atoms. The molecule has 4 aromatic rings. The zero-order chi connectivity index (χ0) is 22.6. The van der Waals surface area contributed by atoms with E-state index >= 15 is 0 Å². The average molecular weight is 440 g/mol. The minimum Gasteiger partial charge on any atom is -0.298 e. The van der Waals surface area contributed by atoms with Crippen molar-refractivity contribution in [3.8, 4) is 11.1 Å². The van der Waals surface area contributed by atoms with Gasteiger partial charge in [-0.1, -0.05) is 91.0 Å². The molecular weight excluding hydrogens is 412 g/mol. The minimum absolute atomic E-state index is 0.0435. The van der Waals surface area contributed by atoms with Gasteiger partial charge in [-0.3, -0.25) is 4.90 Å². The number of benzene rings is 4. The molecule has 0 radical (unpaired) electrons. The van der Waals surface area contributed by atoms with E-state index in [-0.39, 0.29) is 5.56 Å². The van der Waals surface area contributed by atoms with Gasteiger partial charge < -0.3 is 0 Å². The van der Waals surface area contributed by atoms with Crippen LogP contribution < -0.4 is 0 Å². The Morgan fingerprint density at radius 3 is 1.88 bits per heavy atom. The Balaban J connectivity index is 1.40. The maximum atomic E-state index is 14.3. The molecule has 2 atom stereocenters. The van der Waals surface area contributed by atoms with E-state index in [0.29, 0.717) is 17.4 Å². The van der Waals surface area contributed by atoms with Crippen LogP contribution in [0.3, 0.4) is 0 Å². The third-order valence-corrected chi connectivity index (χ3v) is 6.70. The number of hydrogen-bond donors (Lipinski definition) is 0. The molecule has 0 spiro atoms. The fraction of sp³-hybridized carbons (Fsp3) is 0.200. The second-order valence-corrected chi connectivity index (χ2v) is 8.95. The fourth-order valence-electron chi connectivity index (χ4n) is 5.10. The topological polar surface area (TPSA) is 3.24 Å². The van der Waals surface area contributed by atoms with Crippen molar-refractivity contribution in [3.05, 3.63) is 131 Å². The highest BCUT2D eigenvalue weighted by molar-refractivity contribution is 5.65. The first kappa shape index (κ1) is 21.5. The molecule has 4 aromatic carbocycles. The summed E-state index contributed by atoms with van der Waals surface area (Å²) in [6.07, 6.45) is 1.01. The van der Waals surface area contributed by atoms with Gasteiger partial charge in [-0.15, -0.1) is 0 Å². The molecule has 0 N–H and O–H groups in total. The van der Waals surface area contributed by atoms with E-state index in [1.54, 1.807) is 0 Å². The van der Waals surface area contributed by atoms with E-state index in [0.717, 1.165) is 26.1 Å². The smallest absolute Gasteiger partial charge is 0.133 e. The van der Waals surface area contributed by atoms with E-state index in [2.05, 4.69) is 77.7 Å². The predicted octanol–water partition coefficient (Wildman–Crippen LogP) is 7.09. The number of rotatable bonds is 6. The van der Waals surface area contributed by atoms with E-state index < -0.39 is 11.6 Å². The summed E-state index contributed by atoms with van der Waals surface area (Å²) in [5.41, 5.74) is 4.52. The molecule has 1 nitrogen and oxygen atoms in total. The lowest BCUT2D eigenvalue weighted by molar-refractivity contribution is 0.315. The summed E-state index contributed by atoms with van der Waals surface area (Å²) in [4.78, 5) is 2.53. The van der Waals surface area contributed by atoms with Gasteiger partial charge in [-0.2, -0.15) is 0 Å². The summed E-state index contributed by atoms with van der Waals surface area (Å²) in [5.74, 6) is -0.209. The van der Waals surface area contributed by atoms with Crippen LogP contribution in [0.5, 0.6) is 0 Å². The van der Waals surface area contributed by atoms with E-state index in [1.165, 1.54) is 34.9 Å². The van der Waals surface area contributed by atoms with Crippen LogP contribution in [-0.2, 0) is 13.0 Å². The molecule has 1 aliphatic rings. The molecule has 1 fully saturated rings. The minimum atomic E-state index is -0.528. The van der Waals surface area contributed by atoms with Crippen molar-refractivity contribution in [2.24, 2.45) is 5.92 Å². The van der Waals surface area contributed by atoms with Crippen LogP contribution in [0.15, 0.2) is 103 Å². The third kappa shape index (κ3) is 4.89. The van der Waals surface area contributed by atoms with Crippen LogP contribution in [0, 0.1) is 17.6 Å². The zero-order valence-corrected chi connectivity index (χ0v) is 18.5. The highest BCUT2D eigenvalue weighted by Gasteiger charge is 2.33. The van der Waals surface area contributed by atoms with E-state index in [4.69, 9.17) is 0 Å². The largest absolute Gasteiger partial charge is 0.298 e. The normalized spacial score (nSPS) is 18.5. The molecule has 33 heavy (non-hydrogen) atoms. The number of likely N-dealkylation sites (tertiary alicyclic amines) is 1. The Morgan fingerprint density at radius 2 is 1.24 bits per heavy atom. The molecule has 1 saturated heterocycles. The van der Waals surface area contributed by atoms with Gasteiger partial charge in [0.25, 0.3) is 0 Å². The van der Waals surface area contributed by atoms with Gasteiger partial charge in [-0.25, -0.2) is 8.78 Å². The molecule has 0 amide bonds. The van der Waals surface area contributed by atoms with Crippen LogP contribution >= 0.6 is 0 Å². The summed E-state index contributed by atoms with van der Waals surface area (Å²) < 4.78 is 28.5. The van der Waals surface area contributed by atoms with Crippen molar-refractivity contribution in [3.63, 3.8) is 0 Å². The van der Waals surface area contributed by atoms with E-state index in [9.17, 15) is 8.78 Å². The van der Waals surface area contributed by atoms with Crippen LogP contribution in [0.25, 0.3) is 11.1 Å². The lowest BCUT2D eigenvalue weighted by Crippen LogP contribution is -2.20. The van der Waals surface area contributed by atoms with Crippen LogP contribution in [0.2, 0.25) is 0 Å². The standard InChI is InChI=1S/C30H27F2N/c31-28-12-7-13-29(32)30(28)25-16-14-24(15-17-25)27-21-33(19-23-10-5-2-6-11-23)20-26(27)18-22-8-3-1-4-9-22/h1-17,26-27H,18-21H2. The van der Waals surface area contributed by atoms with Crippen molar-refractivity contribution >= 4 is 0 Å². The summed E-state index contributed by atoms with van der Waals surface area (Å²) in [7, 11) is 0. The van der Waals surface area contributed by atoms with Crippen molar-refractivity contribution in [2.75, 3.05) is 13.1 Å². The molecule has 1 aliphatic heterocycles. The molecule has 0 aliphatic carbocycles. The van der Waals surface area contributed by atoms with E-state index in [1.807, 2.05) is 12.1 Å². The summed E-state index contributed by atoms with van der Waals surface area (Å²) in [6, 6.07) is 33.0. The zero-order valence-electron chi connectivity index (χ0n) is 18.5. The fourth-order valence-corrected chi connectivity index (χ4v) is 5.10. The molecule has 166 valence electrons. The number of halogens is 2. The van der Waals surface area contributed by atoms with Crippen LogP contribution in [-0.4, -0.2) is 18.0 Å². The predicted molar refractivity (Wildman–Crippen MR) is 130 cm³/mol. The van der Waals surface area contributed by atoms with Crippen LogP contribution in [0.1, 0.15) is 22.6 Å². The maximum absolute atomic E-state index is 14.3. The Morgan fingerprint density at radius 1 is 0.636 bits per heavy atom. The molecule has 0 saturated carbocycles. The first-order valence-electron chi connectivity index (χ1n) is 11.5. The Kier molecular flexibility index (Phi) is 6.32. The quantitative estimate of drug-likeness (QED) is 0.310. The lowest BCUT2D eigenvalue weighted by Gasteiger charge is -2.19. The molecule has 2 unspecified atom stereocenters. The van der Waals surface area contributed by atoms with Gasteiger partial charge in [0, 0.05) is 25.6 Å². The number of nitrogens with zero attached hydrogens (tertiary/aromatic N) is 1. The SMILES string of the molecule is Fc1cccc(F)c1-c1ccc(C2CN(Cc3ccccc3)CC2Cc2ccccc2)cc1. The summed E-state index contributed by atoms with van der Waals surface area (Å²) >= 11 is 0. The Bertz CT molecular complexity index is 1170. The second kappa shape index (κ2) is 9.68. The average Bonchev–Trinajstić information content (AvgIpc) is 3.22. The Hall–Kier alpha value is -3.30. The van der Waals surface area contributed by atoms with Gasteiger partial charge in [-0.05, 0) is 46.7 Å². The summed E-state index contributed by atoms with van der Waals surface area (Å²) in [6.45, 7) is 2.93. The van der Waals surface area contributed by atoms with Gasteiger partial charge in [0.05, 0.1) is 5.56 Å². The van der Waals surface area contributed by atoms with Crippen molar-refractivity contribution < 1.29 is 8.78 Å². The highest BCUT2D eigenvalue weighted by atomic mass is 19.1. The van der Waals surface area contributed by atoms with Gasteiger partial charge in [0.2, 0.25) is 0 Å². The van der Waals surface area contributed by atoms with Crippen LogP contribution in [0.4, 0.5) is 8.78 Å². The molecule has 0 aromatic heterocycles. The highest BCUT2D eigenvalue weighted by Crippen LogP contribution is 2.37. The Labute approximate surface area is 194 Å². The first-order valence-corrected chi connectivity index (χ1v) is 11.5. The van der Waals surface area contributed by atoms with Gasteiger partial charge in [0.15, 0.2) is 0 Å². The van der Waals surface area contributed by atoms with Crippen molar-refractivity contribution in [1.29, 1.82) is 0 Å². The number of hydrogen-bond acceptors (Lipinski definition) is 1. The maximum Gasteiger partial charge on any atom is 0.133 e. The summed E-state index contributed by atoms with van der Waals surface area (Å²) in [5, 5.41) is 0.